The number of amides is 2. The fourth-order valence-electron chi connectivity index (χ4n) is 9.63. The van der Waals surface area contributed by atoms with Crippen LogP contribution >= 0.6 is 0 Å². The summed E-state index contributed by atoms with van der Waals surface area (Å²) >= 11 is 0. The summed E-state index contributed by atoms with van der Waals surface area (Å²) in [6, 6.07) is 9.30. The molecule has 7 rings (SSSR count). The van der Waals surface area contributed by atoms with E-state index in [9.17, 15) is 45.7 Å². The zero-order chi connectivity index (χ0) is 51.5. The van der Waals surface area contributed by atoms with Gasteiger partial charge in [-0.1, -0.05) is 38.1 Å². The Balaban J connectivity index is 0.910. The Labute approximate surface area is 414 Å². The van der Waals surface area contributed by atoms with Crippen LogP contribution in [0.1, 0.15) is 97.4 Å². The Kier molecular flexibility index (Phi) is 16.0. The summed E-state index contributed by atoms with van der Waals surface area (Å²) in [7, 11) is -8.82. The number of likely N-dealkylation sites (N-methyl/N-ethyl adjacent to an activating group) is 2. The van der Waals surface area contributed by atoms with Crippen LogP contribution in [0.2, 0.25) is 0 Å². The highest BCUT2D eigenvalue weighted by atomic mass is 32.2. The van der Waals surface area contributed by atoms with E-state index in [2.05, 4.69) is 49.3 Å². The Bertz CT molecular complexity index is 3020. The molecule has 2 aromatic carbocycles. The van der Waals surface area contributed by atoms with Crippen molar-refractivity contribution >= 4 is 66.1 Å². The van der Waals surface area contributed by atoms with Gasteiger partial charge in [0, 0.05) is 73.5 Å². The maximum Gasteiger partial charge on any atom is 0.294 e. The van der Waals surface area contributed by atoms with Crippen LogP contribution in [0, 0.1) is 0 Å². The van der Waals surface area contributed by atoms with Crippen molar-refractivity contribution < 1.29 is 55.1 Å². The van der Waals surface area contributed by atoms with Gasteiger partial charge in [-0.3, -0.25) is 23.3 Å². The van der Waals surface area contributed by atoms with Crippen LogP contribution < -0.4 is 20.9 Å². The second-order valence-electron chi connectivity index (χ2n) is 18.8. The molecule has 1 saturated heterocycles. The summed E-state index contributed by atoms with van der Waals surface area (Å²) < 4.78 is 77.1. The summed E-state index contributed by atoms with van der Waals surface area (Å²) in [6.45, 7) is 14.4. The lowest BCUT2D eigenvalue weighted by molar-refractivity contribution is -0.438. The Hall–Kier alpha value is -5.88. The first-order valence-electron chi connectivity index (χ1n) is 23.8. The molecule has 0 spiro atoms. The third-order valence-corrected chi connectivity index (χ3v) is 15.1. The number of imidazole rings is 1. The van der Waals surface area contributed by atoms with Crippen molar-refractivity contribution in [3.8, 4) is 0 Å². The number of nitrogens with one attached hydrogen (secondary N) is 3. The Morgan fingerprint density at radius 3 is 2.25 bits per heavy atom. The van der Waals surface area contributed by atoms with E-state index in [1.54, 1.807) is 19.1 Å². The number of aromatic nitrogens is 4. The molecule has 4 atom stereocenters. The van der Waals surface area contributed by atoms with Crippen molar-refractivity contribution in [2.75, 3.05) is 42.9 Å². The number of fused-ring (bicyclic) bond motifs is 3. The van der Waals surface area contributed by atoms with Gasteiger partial charge in [-0.15, -0.1) is 0 Å². The van der Waals surface area contributed by atoms with Gasteiger partial charge in [0.05, 0.1) is 21.5 Å². The predicted molar refractivity (Wildman–Crippen MR) is 267 cm³/mol. The lowest BCUT2D eigenvalue weighted by Crippen LogP contribution is -2.42. The number of hydrogen-bond donors (Lipinski definition) is 7. The number of aliphatic hydroxyl groups is 2. The number of carbonyl (C=O) groups excluding carboxylic acids is 2. The van der Waals surface area contributed by atoms with Gasteiger partial charge >= 0.3 is 0 Å². The van der Waals surface area contributed by atoms with Gasteiger partial charge in [-0.05, 0) is 89.3 Å². The van der Waals surface area contributed by atoms with E-state index >= 15 is 0 Å². The third kappa shape index (κ3) is 11.1. The van der Waals surface area contributed by atoms with Gasteiger partial charge in [0.1, 0.15) is 25.1 Å². The molecule has 7 N–H and O–H groups in total. The first-order chi connectivity index (χ1) is 33.6. The molecular weight excluding hydrogens is 955 g/mol. The molecule has 3 aliphatic rings. The largest absolute Gasteiger partial charge is 0.387 e. The number of allylic oxidation sites excluding steroid dienone is 6. The SMILES string of the molecule is CCNC(=O)[C@H]1O[C@@H](n2cnc3c(NCCCCNC(=O)CCCCC[N+]4=C(C=CC=CC=C5N(CC)c6cc(S(=O)(=O)O)ccc6C5(C)C)C(C)(C)c5cc(S(=O)(=O)O)ccc54)ncnc32)[C@H](O)[C@@H]1O. The molecule has 1 fully saturated rings. The van der Waals surface area contributed by atoms with Crippen molar-refractivity contribution in [3.05, 3.63) is 96.3 Å². The van der Waals surface area contributed by atoms with Gasteiger partial charge < -0.3 is 35.8 Å². The number of nitrogens with zero attached hydrogens (tertiary/aromatic N) is 6. The molecule has 71 heavy (non-hydrogen) atoms. The fourth-order valence-corrected chi connectivity index (χ4v) is 10.6. The minimum absolute atomic E-state index is 0.0472. The number of unbranched alkanes of at least 4 members (excludes halogenated alkanes) is 3. The van der Waals surface area contributed by atoms with Crippen molar-refractivity contribution in [2.24, 2.45) is 0 Å². The number of anilines is 2. The first-order valence-corrected chi connectivity index (χ1v) is 26.7. The smallest absolute Gasteiger partial charge is 0.294 e. The molecule has 22 heteroatoms. The van der Waals surface area contributed by atoms with E-state index in [1.165, 1.54) is 41.5 Å². The summed E-state index contributed by atoms with van der Waals surface area (Å²) in [6.07, 6.45) is 11.3. The highest BCUT2D eigenvalue weighted by Gasteiger charge is 2.48. The topological polar surface area (TPSA) is 279 Å². The predicted octanol–water partition coefficient (Wildman–Crippen LogP) is 4.83. The van der Waals surface area contributed by atoms with Gasteiger partial charge in [-0.2, -0.15) is 21.4 Å². The maximum absolute atomic E-state index is 12.8. The van der Waals surface area contributed by atoms with Crippen molar-refractivity contribution in [1.82, 2.24) is 30.2 Å². The second kappa shape index (κ2) is 21.5. The Morgan fingerprint density at radius 1 is 0.817 bits per heavy atom. The molecule has 382 valence electrons. The molecule has 20 nitrogen and oxygen atoms in total. The lowest BCUT2D eigenvalue weighted by Gasteiger charge is -2.25. The van der Waals surface area contributed by atoms with Crippen LogP contribution in [-0.2, 0) is 45.4 Å². The van der Waals surface area contributed by atoms with Crippen LogP contribution in [0.25, 0.3) is 11.2 Å². The van der Waals surface area contributed by atoms with Gasteiger partial charge in [0.2, 0.25) is 11.6 Å². The molecule has 3 aliphatic heterocycles. The number of hydrogen-bond acceptors (Lipinski definition) is 14. The summed E-state index contributed by atoms with van der Waals surface area (Å²) in [5.74, 6) is -0.114. The molecule has 0 bridgehead atoms. The average Bonchev–Trinajstić information content (AvgIpc) is 4.00. The maximum atomic E-state index is 12.8. The third-order valence-electron chi connectivity index (χ3n) is 13.4. The zero-order valence-electron chi connectivity index (χ0n) is 40.7. The van der Waals surface area contributed by atoms with Crippen LogP contribution in [0.3, 0.4) is 0 Å². The molecule has 2 aromatic heterocycles. The molecule has 0 unspecified atom stereocenters. The molecule has 0 radical (unpaired) electrons. The molecular formula is C49H64N9O11S2+. The highest BCUT2D eigenvalue weighted by molar-refractivity contribution is 7.86. The van der Waals surface area contributed by atoms with E-state index in [4.69, 9.17) is 4.74 Å². The summed E-state index contributed by atoms with van der Waals surface area (Å²) in [4.78, 5) is 39.8. The second-order valence-corrected chi connectivity index (χ2v) is 21.6. The van der Waals surface area contributed by atoms with Gasteiger partial charge in [-0.25, -0.2) is 15.0 Å². The van der Waals surface area contributed by atoms with E-state index < -0.39 is 61.5 Å². The number of benzene rings is 2. The number of aliphatic hydroxyl groups excluding tert-OH is 2. The minimum Gasteiger partial charge on any atom is -0.387 e. The van der Waals surface area contributed by atoms with Crippen LogP contribution in [0.4, 0.5) is 17.2 Å². The minimum atomic E-state index is -4.44. The monoisotopic (exact) mass is 1020 g/mol. The molecule has 5 heterocycles. The molecule has 0 saturated carbocycles. The van der Waals surface area contributed by atoms with E-state index in [0.717, 1.165) is 46.8 Å². The van der Waals surface area contributed by atoms with Crippen LogP contribution in [0.15, 0.2) is 94.9 Å². The average molecular weight is 1020 g/mol. The highest BCUT2D eigenvalue weighted by Crippen LogP contribution is 2.48. The lowest BCUT2D eigenvalue weighted by atomic mass is 9.81. The van der Waals surface area contributed by atoms with E-state index in [1.807, 2.05) is 56.1 Å². The zero-order valence-corrected chi connectivity index (χ0v) is 42.4. The standard InChI is InChI=1S/C49H63N9O11S2/c1-7-50-46(62)43-41(60)42(61)47(69-43)58-30-55-40-44(53-29-54-45(40)58)52-25-15-14-24-51-39(59)19-13-10-16-26-57-35-23-21-31(70(63,64)65)27-34(35)49(5,6)38(57)18-12-9-11-17-37-48(3,4)33-22-20-32(71(66,67)68)28-36(33)56(37)8-2/h9,11-12,17-18,20-23,27-30,41-43,47,60-61H,7-8,10,13-16,19,24-26H2,1-6H3,(H4-,50,51,52,53,54,59,62,63,64,65,66,67,68)/p+1/t41-,42+,43-,47+/m0/s1. The van der Waals surface area contributed by atoms with E-state index in [-0.39, 0.29) is 15.7 Å². The number of rotatable bonds is 21. The molecule has 2 amide bonds. The number of carbonyl (C=O) groups is 2. The molecule has 0 aliphatic carbocycles. The van der Waals surface area contributed by atoms with Gasteiger partial charge in [0.25, 0.3) is 26.1 Å². The first kappa shape index (κ1) is 52.9. The quantitative estimate of drug-likeness (QED) is 0.0255. The fraction of sp³-hybridized carbons (Fsp3) is 0.469. The number of ether oxygens (including phenoxy) is 1. The van der Waals surface area contributed by atoms with Crippen molar-refractivity contribution in [2.45, 2.75) is 125 Å². The van der Waals surface area contributed by atoms with Crippen LogP contribution in [-0.4, -0.2) is 129 Å². The molecule has 4 aromatic rings. The van der Waals surface area contributed by atoms with Crippen LogP contribution in [0.5, 0.6) is 0 Å². The van der Waals surface area contributed by atoms with Crippen molar-refractivity contribution in [1.29, 1.82) is 0 Å². The van der Waals surface area contributed by atoms with E-state index in [0.29, 0.717) is 75.4 Å². The summed E-state index contributed by atoms with van der Waals surface area (Å²) in [5.41, 5.74) is 4.84. The van der Waals surface area contributed by atoms with Gasteiger partial charge in [0.15, 0.2) is 35.0 Å². The van der Waals surface area contributed by atoms with Crippen molar-refractivity contribution in [3.63, 3.8) is 0 Å². The summed E-state index contributed by atoms with van der Waals surface area (Å²) in [5, 5.41) is 30.0. The normalized spacial score (nSPS) is 21.2. The Morgan fingerprint density at radius 2 is 1.54 bits per heavy atom.